The quantitative estimate of drug-likeness (QED) is 0.581. The minimum atomic E-state index is 0.517. The van der Waals surface area contributed by atoms with E-state index >= 15 is 0 Å². The van der Waals surface area contributed by atoms with Crippen molar-refractivity contribution in [2.24, 2.45) is 0 Å². The molecular weight excluding hydrogens is 148 g/mol. The normalized spacial score (nSPS) is 28.9. The van der Waals surface area contributed by atoms with Gasteiger partial charge in [0.25, 0.3) is 0 Å². The summed E-state index contributed by atoms with van der Waals surface area (Å²) in [5.74, 6) is 0. The van der Waals surface area contributed by atoms with Gasteiger partial charge < -0.3 is 0 Å². The molecule has 2 unspecified atom stereocenters. The lowest BCUT2D eigenvalue weighted by Crippen LogP contribution is -2.16. The van der Waals surface area contributed by atoms with Gasteiger partial charge in [0.15, 0.2) is 0 Å². The first-order chi connectivity index (χ1) is 5.72. The third-order valence-corrected chi connectivity index (χ3v) is 3.01. The van der Waals surface area contributed by atoms with Gasteiger partial charge in [0.2, 0.25) is 0 Å². The standard InChI is InChI=1S/C10H14N2/c1-7-9-4-5-11-6-10(9)8(2)12(7)3/h4-8H,1-3H3. The van der Waals surface area contributed by atoms with Gasteiger partial charge in [-0.05, 0) is 38.1 Å². The predicted molar refractivity (Wildman–Crippen MR) is 48.8 cm³/mol. The summed E-state index contributed by atoms with van der Waals surface area (Å²) in [6.07, 6.45) is 3.86. The van der Waals surface area contributed by atoms with Gasteiger partial charge in [0.1, 0.15) is 0 Å². The molecule has 64 valence electrons. The van der Waals surface area contributed by atoms with Crippen molar-refractivity contribution in [3.05, 3.63) is 29.6 Å². The highest BCUT2D eigenvalue weighted by atomic mass is 15.2. The zero-order valence-electron chi connectivity index (χ0n) is 7.78. The number of aromatic nitrogens is 1. The number of pyridine rings is 1. The Balaban J connectivity index is 2.52. The molecule has 0 spiro atoms. The van der Waals surface area contributed by atoms with Crippen LogP contribution in [0, 0.1) is 0 Å². The van der Waals surface area contributed by atoms with Crippen LogP contribution in [0.1, 0.15) is 37.1 Å². The molecule has 1 aromatic heterocycles. The maximum Gasteiger partial charge on any atom is 0.0341 e. The fourth-order valence-corrected chi connectivity index (χ4v) is 1.92. The highest BCUT2D eigenvalue weighted by Gasteiger charge is 2.29. The number of hydrogen-bond acceptors (Lipinski definition) is 2. The third kappa shape index (κ3) is 0.879. The lowest BCUT2D eigenvalue weighted by Gasteiger charge is -2.19. The smallest absolute Gasteiger partial charge is 0.0341 e. The van der Waals surface area contributed by atoms with Gasteiger partial charge in [-0.1, -0.05) is 0 Å². The second-order valence-corrected chi connectivity index (χ2v) is 3.52. The first-order valence-electron chi connectivity index (χ1n) is 4.37. The van der Waals surface area contributed by atoms with E-state index in [0.717, 1.165) is 0 Å². The first kappa shape index (κ1) is 7.74. The lowest BCUT2D eigenvalue weighted by atomic mass is 10.1. The van der Waals surface area contributed by atoms with Crippen LogP contribution in [0.5, 0.6) is 0 Å². The van der Waals surface area contributed by atoms with Crippen LogP contribution < -0.4 is 0 Å². The summed E-state index contributed by atoms with van der Waals surface area (Å²) in [5.41, 5.74) is 2.81. The Morgan fingerprint density at radius 1 is 1.25 bits per heavy atom. The predicted octanol–water partition coefficient (Wildman–Crippen LogP) is 2.15. The molecule has 0 N–H and O–H groups in total. The molecule has 2 heterocycles. The van der Waals surface area contributed by atoms with Crippen LogP contribution in [-0.4, -0.2) is 16.9 Å². The average molecular weight is 162 g/mol. The van der Waals surface area contributed by atoms with E-state index in [1.54, 1.807) is 0 Å². The zero-order chi connectivity index (χ0) is 8.72. The van der Waals surface area contributed by atoms with Crippen molar-refractivity contribution in [1.82, 2.24) is 9.88 Å². The van der Waals surface area contributed by atoms with Crippen LogP contribution >= 0.6 is 0 Å². The van der Waals surface area contributed by atoms with E-state index in [9.17, 15) is 0 Å². The highest BCUT2D eigenvalue weighted by Crippen LogP contribution is 2.38. The molecule has 0 amide bonds. The summed E-state index contributed by atoms with van der Waals surface area (Å²) in [6.45, 7) is 4.46. The Hall–Kier alpha value is -0.890. The fourth-order valence-electron chi connectivity index (χ4n) is 1.92. The van der Waals surface area contributed by atoms with Gasteiger partial charge >= 0.3 is 0 Å². The summed E-state index contributed by atoms with van der Waals surface area (Å²) in [4.78, 5) is 6.52. The third-order valence-electron chi connectivity index (χ3n) is 3.01. The van der Waals surface area contributed by atoms with E-state index in [0.29, 0.717) is 12.1 Å². The summed E-state index contributed by atoms with van der Waals surface area (Å²) in [6, 6.07) is 3.18. The molecule has 0 fully saturated rings. The van der Waals surface area contributed by atoms with Crippen molar-refractivity contribution in [2.75, 3.05) is 7.05 Å². The van der Waals surface area contributed by atoms with Crippen molar-refractivity contribution in [1.29, 1.82) is 0 Å². The number of nitrogens with zero attached hydrogens (tertiary/aromatic N) is 2. The largest absolute Gasteiger partial charge is 0.293 e. The Morgan fingerprint density at radius 2 is 1.92 bits per heavy atom. The second-order valence-electron chi connectivity index (χ2n) is 3.52. The first-order valence-corrected chi connectivity index (χ1v) is 4.37. The number of hydrogen-bond donors (Lipinski definition) is 0. The summed E-state index contributed by atoms with van der Waals surface area (Å²) >= 11 is 0. The molecule has 1 aliphatic heterocycles. The van der Waals surface area contributed by atoms with E-state index in [4.69, 9.17) is 0 Å². The Bertz CT molecular complexity index is 267. The molecule has 0 bridgehead atoms. The minimum absolute atomic E-state index is 0.517. The summed E-state index contributed by atoms with van der Waals surface area (Å²) in [5, 5.41) is 0. The van der Waals surface area contributed by atoms with E-state index in [1.807, 2.05) is 12.4 Å². The van der Waals surface area contributed by atoms with Crippen LogP contribution in [0.3, 0.4) is 0 Å². The molecule has 0 radical (unpaired) electrons. The SMILES string of the molecule is CC1c2ccncc2C(C)N1C. The molecule has 1 aliphatic rings. The average Bonchev–Trinajstić information content (AvgIpc) is 2.33. The van der Waals surface area contributed by atoms with E-state index < -0.39 is 0 Å². The highest BCUT2D eigenvalue weighted by molar-refractivity contribution is 5.33. The second kappa shape index (κ2) is 2.56. The monoisotopic (exact) mass is 162 g/mol. The Labute approximate surface area is 73.2 Å². The van der Waals surface area contributed by atoms with Crippen LogP contribution in [0.2, 0.25) is 0 Å². The zero-order valence-corrected chi connectivity index (χ0v) is 7.78. The topological polar surface area (TPSA) is 16.1 Å². The maximum absolute atomic E-state index is 4.15. The molecule has 0 aliphatic carbocycles. The van der Waals surface area contributed by atoms with Crippen molar-refractivity contribution in [3.63, 3.8) is 0 Å². The van der Waals surface area contributed by atoms with E-state index in [2.05, 4.69) is 36.8 Å². The van der Waals surface area contributed by atoms with Gasteiger partial charge in [-0.3, -0.25) is 9.88 Å². The molecule has 2 atom stereocenters. The van der Waals surface area contributed by atoms with Gasteiger partial charge in [-0.25, -0.2) is 0 Å². The molecule has 12 heavy (non-hydrogen) atoms. The molecule has 2 heteroatoms. The number of rotatable bonds is 0. The van der Waals surface area contributed by atoms with Gasteiger partial charge in [0, 0.05) is 24.5 Å². The van der Waals surface area contributed by atoms with Gasteiger partial charge in [-0.15, -0.1) is 0 Å². The molecular formula is C10H14N2. The maximum atomic E-state index is 4.15. The van der Waals surface area contributed by atoms with Crippen molar-refractivity contribution >= 4 is 0 Å². The summed E-state index contributed by atoms with van der Waals surface area (Å²) < 4.78 is 0. The van der Waals surface area contributed by atoms with Crippen LogP contribution in [0.15, 0.2) is 18.5 Å². The van der Waals surface area contributed by atoms with E-state index in [-0.39, 0.29) is 0 Å². The van der Waals surface area contributed by atoms with Crippen LogP contribution in [0.4, 0.5) is 0 Å². The minimum Gasteiger partial charge on any atom is -0.293 e. The van der Waals surface area contributed by atoms with Crippen molar-refractivity contribution < 1.29 is 0 Å². The fraction of sp³-hybridized carbons (Fsp3) is 0.500. The molecule has 1 aromatic rings. The summed E-state index contributed by atoms with van der Waals surface area (Å²) in [7, 11) is 2.16. The van der Waals surface area contributed by atoms with Crippen molar-refractivity contribution in [2.45, 2.75) is 25.9 Å². The Morgan fingerprint density at radius 3 is 2.58 bits per heavy atom. The Kier molecular flexibility index (Phi) is 1.65. The molecule has 0 aromatic carbocycles. The van der Waals surface area contributed by atoms with Crippen LogP contribution in [0.25, 0.3) is 0 Å². The van der Waals surface area contributed by atoms with Crippen molar-refractivity contribution in [3.8, 4) is 0 Å². The molecule has 0 saturated carbocycles. The molecule has 2 rings (SSSR count). The van der Waals surface area contributed by atoms with Gasteiger partial charge in [0.05, 0.1) is 0 Å². The van der Waals surface area contributed by atoms with E-state index in [1.165, 1.54) is 11.1 Å². The van der Waals surface area contributed by atoms with Crippen LogP contribution in [-0.2, 0) is 0 Å². The molecule has 0 saturated heterocycles. The number of fused-ring (bicyclic) bond motifs is 1. The molecule has 2 nitrogen and oxygen atoms in total. The lowest BCUT2D eigenvalue weighted by molar-refractivity contribution is 0.232. The van der Waals surface area contributed by atoms with Gasteiger partial charge in [-0.2, -0.15) is 0 Å².